The molecule has 24 heavy (non-hydrogen) atoms. The van der Waals surface area contributed by atoms with Gasteiger partial charge in [-0.1, -0.05) is 34.1 Å². The van der Waals surface area contributed by atoms with Crippen LogP contribution in [0, 0.1) is 0 Å². The number of esters is 1. The van der Waals surface area contributed by atoms with E-state index in [1.807, 2.05) is 24.3 Å². The molecule has 120 valence electrons. The lowest BCUT2D eigenvalue weighted by atomic mass is 10.1. The summed E-state index contributed by atoms with van der Waals surface area (Å²) in [5.74, 6) is -0.472. The summed E-state index contributed by atoms with van der Waals surface area (Å²) in [5.41, 5.74) is 1.02. The number of hydrogen-bond donors (Lipinski definition) is 0. The molecule has 6 heteroatoms. The Balaban J connectivity index is 2.20. The van der Waals surface area contributed by atoms with E-state index in [0.717, 1.165) is 9.86 Å². The Kier molecular flexibility index (Phi) is 4.57. The van der Waals surface area contributed by atoms with Crippen LogP contribution in [0.2, 0.25) is 0 Å². The van der Waals surface area contributed by atoms with E-state index in [1.165, 1.54) is 17.9 Å². The molecule has 0 saturated carbocycles. The molecule has 0 saturated heterocycles. The molecule has 3 aromatic rings. The van der Waals surface area contributed by atoms with Crippen molar-refractivity contribution in [3.8, 4) is 5.69 Å². The van der Waals surface area contributed by atoms with Gasteiger partial charge < -0.3 is 4.74 Å². The first-order chi connectivity index (χ1) is 11.6. The fraction of sp³-hybridized carbons (Fsp3) is 0.0556. The highest BCUT2D eigenvalue weighted by molar-refractivity contribution is 9.10. The van der Waals surface area contributed by atoms with Crippen LogP contribution in [0.25, 0.3) is 22.5 Å². The number of carbonyl (C=O) groups is 1. The average molecular weight is 385 g/mol. The van der Waals surface area contributed by atoms with Crippen molar-refractivity contribution in [3.05, 3.63) is 75.1 Å². The number of ether oxygens (including phenoxy) is 1. The Labute approximate surface area is 146 Å². The Morgan fingerprint density at radius 3 is 2.83 bits per heavy atom. The summed E-state index contributed by atoms with van der Waals surface area (Å²) in [4.78, 5) is 24.1. The summed E-state index contributed by atoms with van der Waals surface area (Å²) in [7, 11) is 1.31. The van der Waals surface area contributed by atoms with E-state index in [1.54, 1.807) is 30.5 Å². The minimum atomic E-state index is -0.472. The topological polar surface area (TPSA) is 61.2 Å². The third-order valence-electron chi connectivity index (χ3n) is 3.51. The molecule has 5 nitrogen and oxygen atoms in total. The molecule has 1 aromatic heterocycles. The summed E-state index contributed by atoms with van der Waals surface area (Å²) in [6.45, 7) is 0. The molecule has 0 fully saturated rings. The Bertz CT molecular complexity index is 1010. The number of halogens is 1. The van der Waals surface area contributed by atoms with Gasteiger partial charge in [0.15, 0.2) is 0 Å². The van der Waals surface area contributed by atoms with E-state index >= 15 is 0 Å². The molecule has 2 aromatic carbocycles. The van der Waals surface area contributed by atoms with Gasteiger partial charge in [-0.05, 0) is 30.3 Å². The predicted molar refractivity (Wildman–Crippen MR) is 96.1 cm³/mol. The van der Waals surface area contributed by atoms with Gasteiger partial charge in [-0.3, -0.25) is 4.79 Å². The number of hydrogen-bond acceptors (Lipinski definition) is 4. The zero-order valence-corrected chi connectivity index (χ0v) is 14.4. The molecular formula is C18H13BrN2O3. The van der Waals surface area contributed by atoms with Crippen molar-refractivity contribution in [2.75, 3.05) is 7.11 Å². The molecule has 0 N–H and O–H groups in total. The first kappa shape index (κ1) is 16.1. The van der Waals surface area contributed by atoms with Crippen molar-refractivity contribution in [1.29, 1.82) is 0 Å². The number of fused-ring (bicyclic) bond motifs is 1. The predicted octanol–water partition coefficient (Wildman–Crippen LogP) is 3.33. The number of benzene rings is 2. The van der Waals surface area contributed by atoms with Crippen LogP contribution in [-0.2, 0) is 9.53 Å². The van der Waals surface area contributed by atoms with Crippen LogP contribution in [0.4, 0.5) is 0 Å². The maximum absolute atomic E-state index is 12.7. The van der Waals surface area contributed by atoms with Crippen LogP contribution in [-0.4, -0.2) is 22.9 Å². The van der Waals surface area contributed by atoms with Gasteiger partial charge in [-0.25, -0.2) is 4.79 Å². The Hall–Kier alpha value is -2.73. The number of aromatic nitrogens is 2. The maximum atomic E-state index is 12.7. The van der Waals surface area contributed by atoms with E-state index in [0.29, 0.717) is 16.6 Å². The highest BCUT2D eigenvalue weighted by Crippen LogP contribution is 2.21. The molecule has 0 bridgehead atoms. The van der Waals surface area contributed by atoms with Crippen molar-refractivity contribution in [2.45, 2.75) is 0 Å². The monoisotopic (exact) mass is 384 g/mol. The van der Waals surface area contributed by atoms with Crippen molar-refractivity contribution in [1.82, 2.24) is 9.78 Å². The van der Waals surface area contributed by atoms with E-state index in [-0.39, 0.29) is 5.56 Å². The van der Waals surface area contributed by atoms with Crippen LogP contribution in [0.1, 0.15) is 5.56 Å². The number of methoxy groups -OCH3 is 1. The highest BCUT2D eigenvalue weighted by atomic mass is 79.9. The van der Waals surface area contributed by atoms with E-state index in [9.17, 15) is 9.59 Å². The summed E-state index contributed by atoms with van der Waals surface area (Å²) in [5, 5.41) is 5.61. The van der Waals surface area contributed by atoms with E-state index in [2.05, 4.69) is 25.8 Å². The molecule has 0 atom stereocenters. The highest BCUT2D eigenvalue weighted by Gasteiger charge is 2.09. The smallest absolute Gasteiger partial charge is 0.330 e. The number of nitrogens with zero attached hydrogens (tertiary/aromatic N) is 2. The summed E-state index contributed by atoms with van der Waals surface area (Å²) in [6, 6.07) is 12.7. The van der Waals surface area contributed by atoms with Gasteiger partial charge in [-0.2, -0.15) is 9.78 Å². The normalized spacial score (nSPS) is 11.1. The van der Waals surface area contributed by atoms with Crippen LogP contribution in [0.15, 0.2) is 64.0 Å². The van der Waals surface area contributed by atoms with Gasteiger partial charge in [0.05, 0.1) is 24.4 Å². The average Bonchev–Trinajstić information content (AvgIpc) is 2.61. The second-order valence-electron chi connectivity index (χ2n) is 5.01. The van der Waals surface area contributed by atoms with Crippen molar-refractivity contribution >= 4 is 38.7 Å². The summed E-state index contributed by atoms with van der Waals surface area (Å²) >= 11 is 3.39. The van der Waals surface area contributed by atoms with Crippen LogP contribution >= 0.6 is 15.9 Å². The van der Waals surface area contributed by atoms with Gasteiger partial charge in [0.2, 0.25) is 0 Å². The molecule has 0 aliphatic carbocycles. The van der Waals surface area contributed by atoms with Crippen molar-refractivity contribution in [2.24, 2.45) is 0 Å². The quantitative estimate of drug-likeness (QED) is 0.513. The first-order valence-electron chi connectivity index (χ1n) is 7.13. The molecule has 0 unspecified atom stereocenters. The lowest BCUT2D eigenvalue weighted by molar-refractivity contribution is -0.134. The zero-order valence-electron chi connectivity index (χ0n) is 12.8. The van der Waals surface area contributed by atoms with Crippen molar-refractivity contribution < 1.29 is 9.53 Å². The summed E-state index contributed by atoms with van der Waals surface area (Å²) in [6.07, 6.45) is 4.54. The fourth-order valence-electron chi connectivity index (χ4n) is 2.34. The lowest BCUT2D eigenvalue weighted by Gasteiger charge is -2.09. The minimum Gasteiger partial charge on any atom is -0.466 e. The third kappa shape index (κ3) is 3.14. The van der Waals surface area contributed by atoms with Crippen LogP contribution in [0.5, 0.6) is 0 Å². The molecule has 0 radical (unpaired) electrons. The molecule has 1 heterocycles. The molecule has 0 amide bonds. The first-order valence-corrected chi connectivity index (χ1v) is 7.92. The van der Waals surface area contributed by atoms with E-state index in [4.69, 9.17) is 0 Å². The van der Waals surface area contributed by atoms with Gasteiger partial charge >= 0.3 is 5.97 Å². The SMILES string of the molecule is COC(=O)/C=C/c1cc(Br)ccc1-n1ncc2ccccc2c1=O. The van der Waals surface area contributed by atoms with Crippen LogP contribution < -0.4 is 5.56 Å². The molecule has 0 aliphatic heterocycles. The molecular weight excluding hydrogens is 372 g/mol. The van der Waals surface area contributed by atoms with Gasteiger partial charge in [0.25, 0.3) is 5.56 Å². The second-order valence-corrected chi connectivity index (χ2v) is 5.92. The Morgan fingerprint density at radius 2 is 2.04 bits per heavy atom. The minimum absolute atomic E-state index is 0.219. The molecule has 0 aliphatic rings. The van der Waals surface area contributed by atoms with E-state index < -0.39 is 5.97 Å². The lowest BCUT2D eigenvalue weighted by Crippen LogP contribution is -2.21. The maximum Gasteiger partial charge on any atom is 0.330 e. The zero-order chi connectivity index (χ0) is 17.1. The third-order valence-corrected chi connectivity index (χ3v) is 4.01. The van der Waals surface area contributed by atoms with Crippen molar-refractivity contribution in [3.63, 3.8) is 0 Å². The second kappa shape index (κ2) is 6.80. The van der Waals surface area contributed by atoms with Gasteiger partial charge in [0.1, 0.15) is 0 Å². The fourth-order valence-corrected chi connectivity index (χ4v) is 2.72. The van der Waals surface area contributed by atoms with Gasteiger partial charge in [-0.15, -0.1) is 0 Å². The standard InChI is InChI=1S/C18H13BrN2O3/c1-24-17(22)9-6-12-10-14(19)7-8-16(12)21-18(23)15-5-3-2-4-13(15)11-20-21/h2-11H,1H3/b9-6+. The number of rotatable bonds is 3. The molecule has 3 rings (SSSR count). The number of carbonyl (C=O) groups excluding carboxylic acids is 1. The van der Waals surface area contributed by atoms with Gasteiger partial charge in [0, 0.05) is 21.5 Å². The summed E-state index contributed by atoms with van der Waals surface area (Å²) < 4.78 is 6.76. The largest absolute Gasteiger partial charge is 0.466 e. The van der Waals surface area contributed by atoms with Crippen LogP contribution in [0.3, 0.4) is 0 Å². The molecule has 0 spiro atoms. The Morgan fingerprint density at radius 1 is 1.25 bits per heavy atom.